The van der Waals surface area contributed by atoms with Gasteiger partial charge in [0, 0.05) is 38.3 Å². The number of aliphatic hydroxyl groups excluding tert-OH is 1. The van der Waals surface area contributed by atoms with Crippen LogP contribution in [0.5, 0.6) is 0 Å². The van der Waals surface area contributed by atoms with Crippen molar-refractivity contribution in [3.63, 3.8) is 0 Å². The van der Waals surface area contributed by atoms with Crippen LogP contribution in [0.2, 0.25) is 0 Å². The second-order valence-corrected chi connectivity index (χ2v) is 6.55. The smallest absolute Gasteiger partial charge is 0.317 e. The summed E-state index contributed by atoms with van der Waals surface area (Å²) < 4.78 is 0. The van der Waals surface area contributed by atoms with Crippen molar-refractivity contribution in [1.82, 2.24) is 14.7 Å². The molecule has 27 heavy (non-hydrogen) atoms. The monoisotopic (exact) mass is 391 g/mol. The summed E-state index contributed by atoms with van der Waals surface area (Å²) in [7, 11) is 0. The second kappa shape index (κ2) is 10.2. The van der Waals surface area contributed by atoms with Crippen molar-refractivity contribution in [2.45, 2.75) is 12.0 Å². The fourth-order valence-electron chi connectivity index (χ4n) is 3.42. The molecule has 12 nitrogen and oxygen atoms in total. The van der Waals surface area contributed by atoms with E-state index in [9.17, 15) is 34.5 Å². The van der Waals surface area contributed by atoms with Gasteiger partial charge >= 0.3 is 23.9 Å². The maximum Gasteiger partial charge on any atom is 0.317 e. The summed E-state index contributed by atoms with van der Waals surface area (Å²) in [5.41, 5.74) is -1.24. The fourth-order valence-corrected chi connectivity index (χ4v) is 3.42. The van der Waals surface area contributed by atoms with E-state index in [4.69, 9.17) is 10.2 Å². The Morgan fingerprint density at radius 2 is 1.19 bits per heavy atom. The zero-order valence-corrected chi connectivity index (χ0v) is 14.8. The van der Waals surface area contributed by atoms with Crippen LogP contribution >= 0.6 is 0 Å². The molecule has 0 bridgehead atoms. The Labute approximate surface area is 155 Å². The second-order valence-electron chi connectivity index (χ2n) is 6.55. The topological polar surface area (TPSA) is 179 Å². The van der Waals surface area contributed by atoms with Crippen LogP contribution in [0.3, 0.4) is 0 Å². The average Bonchev–Trinajstić information content (AvgIpc) is 2.65. The maximum atomic E-state index is 11.3. The Morgan fingerprint density at radius 1 is 0.778 bits per heavy atom. The Morgan fingerprint density at radius 3 is 1.48 bits per heavy atom. The van der Waals surface area contributed by atoms with Gasteiger partial charge in [-0.25, -0.2) is 0 Å². The van der Waals surface area contributed by atoms with E-state index < -0.39 is 49.1 Å². The van der Waals surface area contributed by atoms with E-state index >= 15 is 0 Å². The summed E-state index contributed by atoms with van der Waals surface area (Å²) >= 11 is 0. The molecule has 0 atom stereocenters. The molecule has 1 heterocycles. The van der Waals surface area contributed by atoms with Crippen LogP contribution in [-0.4, -0.2) is 129 Å². The SMILES string of the molecule is O=C(O)CN1CCN(CC(=O)O)CC(CCO)(N(CC(=O)O)CC(=O)O)C1. The van der Waals surface area contributed by atoms with Crippen molar-refractivity contribution >= 4 is 23.9 Å². The van der Waals surface area contributed by atoms with Crippen molar-refractivity contribution in [3.05, 3.63) is 0 Å². The zero-order chi connectivity index (χ0) is 20.6. The molecule has 12 heteroatoms. The predicted molar refractivity (Wildman–Crippen MR) is 89.4 cm³/mol. The number of hydrogen-bond donors (Lipinski definition) is 5. The first-order chi connectivity index (χ1) is 12.6. The molecule has 1 fully saturated rings. The third kappa shape index (κ3) is 7.46. The number of carboxylic acid groups (broad SMARTS) is 4. The molecule has 0 amide bonds. The third-order valence-electron chi connectivity index (χ3n) is 4.39. The van der Waals surface area contributed by atoms with Gasteiger partial charge in [-0.05, 0) is 6.42 Å². The molecule has 0 radical (unpaired) electrons. The van der Waals surface area contributed by atoms with Gasteiger partial charge in [-0.2, -0.15) is 0 Å². The minimum Gasteiger partial charge on any atom is -0.480 e. The van der Waals surface area contributed by atoms with Gasteiger partial charge < -0.3 is 25.5 Å². The number of nitrogens with zero attached hydrogens (tertiary/aromatic N) is 3. The molecule has 1 aliphatic heterocycles. The summed E-state index contributed by atoms with van der Waals surface area (Å²) in [6.45, 7) is -2.06. The largest absolute Gasteiger partial charge is 0.480 e. The number of hydrogen-bond acceptors (Lipinski definition) is 8. The van der Waals surface area contributed by atoms with Crippen molar-refractivity contribution in [2.24, 2.45) is 0 Å². The van der Waals surface area contributed by atoms with Gasteiger partial charge in [-0.1, -0.05) is 0 Å². The van der Waals surface area contributed by atoms with Crippen LogP contribution < -0.4 is 0 Å². The highest BCUT2D eigenvalue weighted by Gasteiger charge is 2.43. The summed E-state index contributed by atoms with van der Waals surface area (Å²) in [5.74, 6) is -4.81. The molecule has 1 aliphatic rings. The molecule has 0 aromatic carbocycles. The van der Waals surface area contributed by atoms with Crippen LogP contribution in [0.15, 0.2) is 0 Å². The first-order valence-electron chi connectivity index (χ1n) is 8.26. The summed E-state index contributed by atoms with van der Waals surface area (Å²) in [6, 6.07) is 0. The van der Waals surface area contributed by atoms with Crippen LogP contribution in [-0.2, 0) is 19.2 Å². The summed E-state index contributed by atoms with van der Waals surface area (Å²) in [5, 5.41) is 46.1. The average molecular weight is 391 g/mol. The van der Waals surface area contributed by atoms with E-state index in [0.29, 0.717) is 0 Å². The highest BCUT2D eigenvalue weighted by Crippen LogP contribution is 2.26. The lowest BCUT2D eigenvalue weighted by molar-refractivity contribution is -0.148. The lowest BCUT2D eigenvalue weighted by Crippen LogP contribution is -2.62. The highest BCUT2D eigenvalue weighted by molar-refractivity contribution is 5.73. The molecule has 5 N–H and O–H groups in total. The van der Waals surface area contributed by atoms with Gasteiger partial charge in [0.15, 0.2) is 0 Å². The molecule has 0 aromatic rings. The summed E-state index contributed by atoms with van der Waals surface area (Å²) in [4.78, 5) is 49.0. The van der Waals surface area contributed by atoms with Gasteiger partial charge in [0.05, 0.1) is 26.2 Å². The highest BCUT2D eigenvalue weighted by atomic mass is 16.4. The first-order valence-corrected chi connectivity index (χ1v) is 8.26. The Hall–Kier alpha value is -2.28. The fraction of sp³-hybridized carbons (Fsp3) is 0.733. The molecule has 0 spiro atoms. The van der Waals surface area contributed by atoms with Gasteiger partial charge in [0.25, 0.3) is 0 Å². The molecule has 1 saturated heterocycles. The van der Waals surface area contributed by atoms with E-state index in [1.165, 1.54) is 9.80 Å². The van der Waals surface area contributed by atoms with Crippen LogP contribution in [0.4, 0.5) is 0 Å². The lowest BCUT2D eigenvalue weighted by Gasteiger charge is -2.45. The van der Waals surface area contributed by atoms with Gasteiger partial charge in [-0.15, -0.1) is 0 Å². The molecule has 0 saturated carbocycles. The number of aliphatic hydroxyl groups is 1. The summed E-state index contributed by atoms with van der Waals surface area (Å²) in [6.07, 6.45) is -0.0419. The minimum atomic E-state index is -1.28. The number of rotatable bonds is 11. The minimum absolute atomic E-state index is 0.0173. The zero-order valence-electron chi connectivity index (χ0n) is 14.8. The molecule has 154 valence electrons. The van der Waals surface area contributed by atoms with E-state index in [1.807, 2.05) is 0 Å². The standard InChI is InChI=1S/C15H25N3O9/c19-4-1-15(18(7-13(24)25)8-14(26)27)9-16(5-11(20)21)2-3-17(10-15)6-12(22)23/h19H,1-10H2,(H,20,21)(H,22,23)(H,24,25)(H,26,27). The van der Waals surface area contributed by atoms with E-state index in [2.05, 4.69) is 0 Å². The predicted octanol–water partition coefficient (Wildman–Crippen LogP) is -2.63. The van der Waals surface area contributed by atoms with Crippen molar-refractivity contribution in [3.8, 4) is 0 Å². The normalized spacial score (nSPS) is 18.1. The molecule has 0 unspecified atom stereocenters. The Kier molecular flexibility index (Phi) is 8.56. The molecule has 0 aromatic heterocycles. The van der Waals surface area contributed by atoms with Gasteiger partial charge in [0.2, 0.25) is 0 Å². The Bertz CT molecular complexity index is 527. The number of carboxylic acids is 4. The van der Waals surface area contributed by atoms with Crippen LogP contribution in [0, 0.1) is 0 Å². The molecular formula is C15H25N3O9. The number of carbonyl (C=O) groups is 4. The van der Waals surface area contributed by atoms with Crippen molar-refractivity contribution in [2.75, 3.05) is 59.0 Å². The van der Waals surface area contributed by atoms with Crippen LogP contribution in [0.25, 0.3) is 0 Å². The quantitative estimate of drug-likeness (QED) is 0.248. The maximum absolute atomic E-state index is 11.3. The molecule has 1 rings (SSSR count). The molecule has 0 aliphatic carbocycles. The van der Waals surface area contributed by atoms with Crippen molar-refractivity contribution in [1.29, 1.82) is 0 Å². The first kappa shape index (κ1) is 22.8. The van der Waals surface area contributed by atoms with Crippen LogP contribution in [0.1, 0.15) is 6.42 Å². The van der Waals surface area contributed by atoms with E-state index in [-0.39, 0.29) is 45.7 Å². The third-order valence-corrected chi connectivity index (χ3v) is 4.39. The van der Waals surface area contributed by atoms with E-state index in [1.54, 1.807) is 0 Å². The molecular weight excluding hydrogens is 366 g/mol. The van der Waals surface area contributed by atoms with Gasteiger partial charge in [-0.3, -0.25) is 33.9 Å². The number of aliphatic carboxylic acids is 4. The van der Waals surface area contributed by atoms with E-state index in [0.717, 1.165) is 4.90 Å². The van der Waals surface area contributed by atoms with Gasteiger partial charge in [0.1, 0.15) is 0 Å². The Balaban J connectivity index is 3.31. The lowest BCUT2D eigenvalue weighted by atomic mass is 9.91. The van der Waals surface area contributed by atoms with Crippen molar-refractivity contribution < 1.29 is 44.7 Å².